The number of hydrogen-bond acceptors (Lipinski definition) is 2. The van der Waals surface area contributed by atoms with E-state index in [0.29, 0.717) is 0 Å². The molecule has 0 amide bonds. The van der Waals surface area contributed by atoms with Gasteiger partial charge >= 0.3 is 6.18 Å². The molecule has 0 aliphatic carbocycles. The summed E-state index contributed by atoms with van der Waals surface area (Å²) < 4.78 is 36.3. The van der Waals surface area contributed by atoms with E-state index in [-0.39, 0.29) is 23.0 Å². The maximum Gasteiger partial charge on any atom is 0.407 e. The monoisotopic (exact) mass is 246 g/mol. The molecular formula is C7H7Cl2F3N2. The van der Waals surface area contributed by atoms with Crippen LogP contribution in [0, 0.1) is 0 Å². The third kappa shape index (κ3) is 3.01. The Hall–Kier alpha value is -0.520. The molecule has 0 aliphatic heterocycles. The normalized spacial score (nSPS) is 13.2. The van der Waals surface area contributed by atoms with Gasteiger partial charge in [-0.15, -0.1) is 12.4 Å². The van der Waals surface area contributed by atoms with Gasteiger partial charge in [-0.25, -0.2) is 0 Å². The van der Waals surface area contributed by atoms with Gasteiger partial charge in [0.25, 0.3) is 0 Å². The minimum Gasteiger partial charge on any atom is -0.316 e. The van der Waals surface area contributed by atoms with Gasteiger partial charge in [-0.2, -0.15) is 13.2 Å². The van der Waals surface area contributed by atoms with Crippen LogP contribution < -0.4 is 5.73 Å². The van der Waals surface area contributed by atoms with Gasteiger partial charge in [-0.05, 0) is 11.6 Å². The third-order valence-electron chi connectivity index (χ3n) is 1.49. The Morgan fingerprint density at radius 2 is 2.00 bits per heavy atom. The minimum atomic E-state index is -4.48. The standard InChI is InChI=1S/C7H6ClF3N2.ClH/c8-5-3-13-2-1-4(5)6(12)7(9,10)11;/h1-3,6H,12H2;1H/t6-;/m0./s1. The van der Waals surface area contributed by atoms with Crippen molar-refractivity contribution < 1.29 is 13.2 Å². The molecule has 0 unspecified atom stereocenters. The fraction of sp³-hybridized carbons (Fsp3) is 0.286. The number of nitrogens with zero attached hydrogens (tertiary/aromatic N) is 1. The first-order chi connectivity index (χ1) is 5.93. The van der Waals surface area contributed by atoms with E-state index < -0.39 is 12.2 Å². The number of aromatic nitrogens is 1. The first-order valence-corrected chi connectivity index (χ1v) is 3.72. The zero-order valence-electron chi connectivity index (χ0n) is 6.75. The van der Waals surface area contributed by atoms with Gasteiger partial charge in [0.1, 0.15) is 6.04 Å². The number of alkyl halides is 3. The first kappa shape index (κ1) is 13.5. The van der Waals surface area contributed by atoms with Crippen molar-refractivity contribution in [2.45, 2.75) is 12.2 Å². The van der Waals surface area contributed by atoms with Crippen LogP contribution in [0.3, 0.4) is 0 Å². The quantitative estimate of drug-likeness (QED) is 0.828. The fourth-order valence-corrected chi connectivity index (χ4v) is 1.05. The topological polar surface area (TPSA) is 38.9 Å². The number of halogens is 5. The summed E-state index contributed by atoms with van der Waals surface area (Å²) in [6, 6.07) is -0.900. The Labute approximate surface area is 89.7 Å². The van der Waals surface area contributed by atoms with Crippen LogP contribution >= 0.6 is 24.0 Å². The van der Waals surface area contributed by atoms with E-state index in [9.17, 15) is 13.2 Å². The Bertz CT molecular complexity index is 303. The van der Waals surface area contributed by atoms with Crippen LogP contribution in [-0.4, -0.2) is 11.2 Å². The molecule has 0 bridgehead atoms. The lowest BCUT2D eigenvalue weighted by molar-refractivity contribution is -0.149. The second-order valence-electron chi connectivity index (χ2n) is 2.42. The molecule has 0 aromatic carbocycles. The lowest BCUT2D eigenvalue weighted by atomic mass is 10.1. The average Bonchev–Trinajstić information content (AvgIpc) is 2.02. The van der Waals surface area contributed by atoms with Crippen LogP contribution in [0.25, 0.3) is 0 Å². The molecule has 0 saturated heterocycles. The Kier molecular flexibility index (Phi) is 4.64. The molecule has 1 heterocycles. The van der Waals surface area contributed by atoms with Crippen molar-refractivity contribution in [2.24, 2.45) is 5.73 Å². The van der Waals surface area contributed by atoms with Crippen molar-refractivity contribution in [2.75, 3.05) is 0 Å². The molecule has 0 fully saturated rings. The highest BCUT2D eigenvalue weighted by atomic mass is 35.5. The fourth-order valence-electron chi connectivity index (χ4n) is 0.814. The highest BCUT2D eigenvalue weighted by Gasteiger charge is 2.38. The van der Waals surface area contributed by atoms with Gasteiger partial charge in [-0.1, -0.05) is 11.6 Å². The molecule has 80 valence electrons. The van der Waals surface area contributed by atoms with Gasteiger partial charge in [0.2, 0.25) is 0 Å². The first-order valence-electron chi connectivity index (χ1n) is 3.34. The summed E-state index contributed by atoms with van der Waals surface area (Å²) in [5, 5.41) is -0.0766. The van der Waals surface area contributed by atoms with Crippen LogP contribution in [0.4, 0.5) is 13.2 Å². The summed E-state index contributed by atoms with van der Waals surface area (Å²) in [5.74, 6) is 0. The summed E-state index contributed by atoms with van der Waals surface area (Å²) in [6.45, 7) is 0. The lowest BCUT2D eigenvalue weighted by Crippen LogP contribution is -2.28. The van der Waals surface area contributed by atoms with E-state index >= 15 is 0 Å². The van der Waals surface area contributed by atoms with E-state index in [2.05, 4.69) is 4.98 Å². The predicted molar refractivity (Wildman–Crippen MR) is 49.5 cm³/mol. The molecule has 2 nitrogen and oxygen atoms in total. The van der Waals surface area contributed by atoms with Gasteiger partial charge in [0.15, 0.2) is 0 Å². The highest BCUT2D eigenvalue weighted by molar-refractivity contribution is 6.31. The molecule has 1 aromatic heterocycles. The van der Waals surface area contributed by atoms with Gasteiger partial charge < -0.3 is 5.73 Å². The maximum atomic E-state index is 12.1. The molecule has 0 aliphatic rings. The zero-order chi connectivity index (χ0) is 10.1. The van der Waals surface area contributed by atoms with Crippen molar-refractivity contribution in [3.63, 3.8) is 0 Å². The average molecular weight is 247 g/mol. The van der Waals surface area contributed by atoms with Crippen LogP contribution in [0.5, 0.6) is 0 Å². The van der Waals surface area contributed by atoms with E-state index in [1.165, 1.54) is 6.20 Å². The van der Waals surface area contributed by atoms with Crippen LogP contribution in [-0.2, 0) is 0 Å². The highest BCUT2D eigenvalue weighted by Crippen LogP contribution is 2.33. The minimum absolute atomic E-state index is 0. The Balaban J connectivity index is 0.00000169. The number of hydrogen-bond donors (Lipinski definition) is 1. The van der Waals surface area contributed by atoms with Crippen molar-refractivity contribution in [3.8, 4) is 0 Å². The van der Waals surface area contributed by atoms with Crippen molar-refractivity contribution >= 4 is 24.0 Å². The molecule has 1 rings (SSSR count). The summed E-state index contributed by atoms with van der Waals surface area (Å²) in [6.07, 6.45) is -2.14. The summed E-state index contributed by atoms with van der Waals surface area (Å²) in [7, 11) is 0. The van der Waals surface area contributed by atoms with Crippen molar-refractivity contribution in [1.29, 1.82) is 0 Å². The van der Waals surface area contributed by atoms with Crippen molar-refractivity contribution in [3.05, 3.63) is 29.0 Å². The Morgan fingerprint density at radius 3 is 2.43 bits per heavy atom. The van der Waals surface area contributed by atoms with Crippen molar-refractivity contribution in [1.82, 2.24) is 4.98 Å². The summed E-state index contributed by atoms with van der Waals surface area (Å²) in [4.78, 5) is 3.55. The second kappa shape index (κ2) is 4.82. The molecule has 1 atom stereocenters. The summed E-state index contributed by atoms with van der Waals surface area (Å²) >= 11 is 5.48. The van der Waals surface area contributed by atoms with Gasteiger partial charge in [0, 0.05) is 12.4 Å². The molecule has 0 spiro atoms. The van der Waals surface area contributed by atoms with E-state index in [1.807, 2.05) is 0 Å². The molecule has 0 saturated carbocycles. The SMILES string of the molecule is Cl.N[C@@H](c1ccncc1Cl)C(F)(F)F. The molecule has 7 heteroatoms. The molecule has 14 heavy (non-hydrogen) atoms. The van der Waals surface area contributed by atoms with Gasteiger partial charge in [0.05, 0.1) is 5.02 Å². The van der Waals surface area contributed by atoms with E-state index in [0.717, 1.165) is 12.3 Å². The second-order valence-corrected chi connectivity index (χ2v) is 2.82. The van der Waals surface area contributed by atoms with Crippen LogP contribution in [0.15, 0.2) is 18.5 Å². The lowest BCUT2D eigenvalue weighted by Gasteiger charge is -2.16. The number of rotatable bonds is 1. The predicted octanol–water partition coefficient (Wildman–Crippen LogP) is 2.72. The zero-order valence-corrected chi connectivity index (χ0v) is 8.33. The number of nitrogens with two attached hydrogens (primary N) is 1. The van der Waals surface area contributed by atoms with Gasteiger partial charge in [-0.3, -0.25) is 4.98 Å². The maximum absolute atomic E-state index is 12.1. The Morgan fingerprint density at radius 1 is 1.43 bits per heavy atom. The largest absolute Gasteiger partial charge is 0.407 e. The van der Waals surface area contributed by atoms with E-state index in [4.69, 9.17) is 17.3 Å². The molecule has 2 N–H and O–H groups in total. The van der Waals surface area contributed by atoms with Crippen LogP contribution in [0.1, 0.15) is 11.6 Å². The molecular weight excluding hydrogens is 240 g/mol. The smallest absolute Gasteiger partial charge is 0.316 e. The number of pyridine rings is 1. The molecule has 1 aromatic rings. The third-order valence-corrected chi connectivity index (χ3v) is 1.81. The summed E-state index contributed by atoms with van der Waals surface area (Å²) in [5.41, 5.74) is 4.77. The van der Waals surface area contributed by atoms with Crippen LogP contribution in [0.2, 0.25) is 5.02 Å². The molecule has 0 radical (unpaired) electrons. The van der Waals surface area contributed by atoms with E-state index in [1.54, 1.807) is 0 Å².